The van der Waals surface area contributed by atoms with Crippen LogP contribution in [0.2, 0.25) is 6.04 Å². The third kappa shape index (κ3) is 6.72. The Morgan fingerprint density at radius 3 is 2.11 bits per heavy atom. The molecule has 1 heterocycles. The maximum Gasteiger partial charge on any atom is 0.500 e. The molecule has 0 saturated heterocycles. The maximum atomic E-state index is 5.82. The molecular weight excluding hydrogens is 284 g/mol. The highest BCUT2D eigenvalue weighted by Crippen LogP contribution is 2.18. The summed E-state index contributed by atoms with van der Waals surface area (Å²) in [7, 11) is -2.44. The molecule has 0 spiro atoms. The van der Waals surface area contributed by atoms with Gasteiger partial charge in [0, 0.05) is 39.0 Å². The second-order valence-electron chi connectivity index (χ2n) is 4.14. The van der Waals surface area contributed by atoms with Gasteiger partial charge in [-0.2, -0.15) is 0 Å². The van der Waals surface area contributed by atoms with Crippen molar-refractivity contribution in [3.8, 4) is 0 Å². The van der Waals surface area contributed by atoms with Crippen molar-refractivity contribution >= 4 is 27.6 Å². The first-order valence-electron chi connectivity index (χ1n) is 6.92. The van der Waals surface area contributed by atoms with E-state index in [1.54, 1.807) is 0 Å². The molecule has 19 heavy (non-hydrogen) atoms. The van der Waals surface area contributed by atoms with Gasteiger partial charge in [0.1, 0.15) is 0 Å². The monoisotopic (exact) mass is 310 g/mol. The largest absolute Gasteiger partial charge is 0.500 e. The fraction of sp³-hybridized carbons (Fsp3) is 0.917. The van der Waals surface area contributed by atoms with E-state index in [2.05, 4.69) is 9.89 Å². The molecule has 0 saturated carbocycles. The van der Waals surface area contributed by atoms with E-state index in [1.807, 2.05) is 27.1 Å². The van der Waals surface area contributed by atoms with Crippen LogP contribution in [-0.2, 0) is 13.3 Å². The molecule has 0 aromatic rings. The van der Waals surface area contributed by atoms with Gasteiger partial charge in [-0.25, -0.2) is 0 Å². The van der Waals surface area contributed by atoms with Crippen LogP contribution in [0.3, 0.4) is 0 Å². The van der Waals surface area contributed by atoms with Gasteiger partial charge in [-0.3, -0.25) is 4.99 Å². The molecule has 1 aliphatic heterocycles. The van der Waals surface area contributed by atoms with Crippen molar-refractivity contribution in [2.75, 3.05) is 39.5 Å². The van der Waals surface area contributed by atoms with Gasteiger partial charge in [-0.1, -0.05) is 0 Å². The smallest absolute Gasteiger partial charge is 0.374 e. The van der Waals surface area contributed by atoms with Crippen LogP contribution in [0.15, 0.2) is 4.99 Å². The molecule has 0 unspecified atom stereocenters. The van der Waals surface area contributed by atoms with Crippen molar-refractivity contribution in [1.82, 2.24) is 4.90 Å². The molecule has 114 valence electrons. The molecule has 0 bridgehead atoms. The summed E-state index contributed by atoms with van der Waals surface area (Å²) in [5, 5.41) is 0. The number of nitrogens with zero attached hydrogens (tertiary/aromatic N) is 2. The molecule has 0 N–H and O–H groups in total. The molecule has 0 amide bonds. The van der Waals surface area contributed by atoms with Crippen LogP contribution in [-0.4, -0.2) is 59.5 Å². The van der Waals surface area contributed by atoms with Crippen molar-refractivity contribution in [2.24, 2.45) is 4.99 Å². The van der Waals surface area contributed by atoms with Crippen LogP contribution in [0, 0.1) is 0 Å². The van der Waals surface area contributed by atoms with Crippen molar-refractivity contribution in [2.45, 2.75) is 33.2 Å². The van der Waals surface area contributed by atoms with Crippen molar-refractivity contribution < 1.29 is 13.3 Å². The van der Waals surface area contributed by atoms with Gasteiger partial charge in [-0.05, 0) is 27.2 Å². The molecule has 0 aromatic carbocycles. The van der Waals surface area contributed by atoms with E-state index in [4.69, 9.17) is 13.3 Å². The van der Waals surface area contributed by atoms with Crippen LogP contribution in [0.5, 0.6) is 0 Å². The van der Waals surface area contributed by atoms with Gasteiger partial charge in [0.25, 0.3) is 0 Å². The van der Waals surface area contributed by atoms with E-state index in [-0.39, 0.29) is 12.4 Å². The van der Waals surface area contributed by atoms with Crippen molar-refractivity contribution in [1.29, 1.82) is 0 Å². The summed E-state index contributed by atoms with van der Waals surface area (Å²) in [5.74, 6) is 0. The summed E-state index contributed by atoms with van der Waals surface area (Å²) in [6.07, 6.45) is 2.96. The highest BCUT2D eigenvalue weighted by atomic mass is 35.5. The van der Waals surface area contributed by atoms with E-state index in [1.165, 1.54) is 0 Å². The predicted octanol–water partition coefficient (Wildman–Crippen LogP) is 2.19. The van der Waals surface area contributed by atoms with Gasteiger partial charge in [-0.15, -0.1) is 12.4 Å². The zero-order valence-corrected chi connectivity index (χ0v) is 14.1. The first kappa shape index (κ1) is 18.9. The minimum atomic E-state index is -2.44. The Hall–Kier alpha value is -0.143. The molecule has 0 atom stereocenters. The van der Waals surface area contributed by atoms with Crippen LogP contribution in [0.4, 0.5) is 0 Å². The number of rotatable bonds is 10. The zero-order chi connectivity index (χ0) is 13.3. The van der Waals surface area contributed by atoms with Gasteiger partial charge in [0.2, 0.25) is 0 Å². The van der Waals surface area contributed by atoms with E-state index in [0.29, 0.717) is 19.8 Å². The summed E-state index contributed by atoms with van der Waals surface area (Å²) >= 11 is 0. The SMILES string of the molecule is CCO[Si](CCCN1C=NCC1)(OCC)OCC.Cl. The second kappa shape index (κ2) is 10.6. The standard InChI is InChI=1S/C12H26N2O3Si.ClH/c1-4-15-18(16-5-2,17-6-3)11-7-9-14-10-8-13-12-14;/h12H,4-11H2,1-3H3;1H. The average Bonchev–Trinajstić information content (AvgIpc) is 2.83. The lowest BCUT2D eigenvalue weighted by Crippen LogP contribution is -2.46. The fourth-order valence-corrected chi connectivity index (χ4v) is 4.68. The molecule has 0 aromatic heterocycles. The quantitative estimate of drug-likeness (QED) is 0.580. The number of aliphatic imine (C=N–C) groups is 1. The first-order chi connectivity index (χ1) is 8.76. The Morgan fingerprint density at radius 1 is 1.11 bits per heavy atom. The van der Waals surface area contributed by atoms with E-state index < -0.39 is 8.80 Å². The van der Waals surface area contributed by atoms with Gasteiger partial charge in [0.05, 0.1) is 12.9 Å². The summed E-state index contributed by atoms with van der Waals surface area (Å²) in [6, 6.07) is 0.882. The lowest BCUT2D eigenvalue weighted by atomic mass is 10.4. The maximum absolute atomic E-state index is 5.82. The highest BCUT2D eigenvalue weighted by Gasteiger charge is 2.39. The van der Waals surface area contributed by atoms with Crippen molar-refractivity contribution in [3.05, 3.63) is 0 Å². The predicted molar refractivity (Wildman–Crippen MR) is 82.2 cm³/mol. The molecule has 0 aliphatic carbocycles. The van der Waals surface area contributed by atoms with Crippen LogP contribution in [0.25, 0.3) is 0 Å². The summed E-state index contributed by atoms with van der Waals surface area (Å²) in [6.45, 7) is 10.9. The van der Waals surface area contributed by atoms with Crippen LogP contribution >= 0.6 is 12.4 Å². The first-order valence-corrected chi connectivity index (χ1v) is 8.85. The average molecular weight is 311 g/mol. The number of halogens is 1. The normalized spacial score (nSPS) is 14.8. The number of hydrogen-bond acceptors (Lipinski definition) is 5. The molecule has 5 nitrogen and oxygen atoms in total. The number of hydrogen-bond donors (Lipinski definition) is 0. The Kier molecular flexibility index (Phi) is 10.5. The third-order valence-electron chi connectivity index (χ3n) is 2.78. The van der Waals surface area contributed by atoms with E-state index in [0.717, 1.165) is 32.1 Å². The Morgan fingerprint density at radius 2 is 1.68 bits per heavy atom. The Labute approximate surface area is 124 Å². The molecule has 1 rings (SSSR count). The Balaban J connectivity index is 0.00000324. The molecular formula is C12H27ClN2O3Si. The minimum absolute atomic E-state index is 0. The van der Waals surface area contributed by atoms with E-state index >= 15 is 0 Å². The lowest BCUT2D eigenvalue weighted by Gasteiger charge is -2.29. The van der Waals surface area contributed by atoms with Crippen LogP contribution in [0.1, 0.15) is 27.2 Å². The topological polar surface area (TPSA) is 43.3 Å². The second-order valence-corrected chi connectivity index (χ2v) is 6.88. The Bertz CT molecular complexity index is 240. The summed E-state index contributed by atoms with van der Waals surface area (Å²) < 4.78 is 17.5. The third-order valence-corrected chi connectivity index (χ3v) is 5.93. The summed E-state index contributed by atoms with van der Waals surface area (Å²) in [5.41, 5.74) is 0. The fourth-order valence-electron chi connectivity index (χ4n) is 2.09. The van der Waals surface area contributed by atoms with E-state index in [9.17, 15) is 0 Å². The van der Waals surface area contributed by atoms with Gasteiger partial charge >= 0.3 is 8.80 Å². The lowest BCUT2D eigenvalue weighted by molar-refractivity contribution is 0.0705. The van der Waals surface area contributed by atoms with Crippen molar-refractivity contribution in [3.63, 3.8) is 0 Å². The van der Waals surface area contributed by atoms with Crippen LogP contribution < -0.4 is 0 Å². The molecule has 0 fully saturated rings. The molecule has 0 radical (unpaired) electrons. The summed E-state index contributed by atoms with van der Waals surface area (Å²) in [4.78, 5) is 6.45. The molecule has 7 heteroatoms. The zero-order valence-electron chi connectivity index (χ0n) is 12.3. The van der Waals surface area contributed by atoms with Gasteiger partial charge < -0.3 is 18.2 Å². The minimum Gasteiger partial charge on any atom is -0.374 e. The molecule has 1 aliphatic rings. The highest BCUT2D eigenvalue weighted by molar-refractivity contribution is 6.60. The van der Waals surface area contributed by atoms with Gasteiger partial charge in [0.15, 0.2) is 0 Å².